The van der Waals surface area contributed by atoms with Crippen LogP contribution in [-0.2, 0) is 9.36 Å². The Bertz CT molecular complexity index is 191. The Morgan fingerprint density at radius 1 is 1.50 bits per heavy atom. The number of aliphatic hydroxyl groups excluding tert-OH is 1. The van der Waals surface area contributed by atoms with E-state index >= 15 is 0 Å². The number of rotatable bonds is 4. The summed E-state index contributed by atoms with van der Waals surface area (Å²) in [5.74, 6) is -1.52. The molecule has 1 atom stereocenters. The van der Waals surface area contributed by atoms with E-state index in [4.69, 9.17) is 20.0 Å². The van der Waals surface area contributed by atoms with Crippen LogP contribution in [0.5, 0.6) is 0 Å². The predicted molar refractivity (Wildman–Crippen MR) is 39.4 cm³/mol. The zero-order valence-corrected chi connectivity index (χ0v) is 9.15. The smallest absolute Gasteiger partial charge is 0.401 e. The van der Waals surface area contributed by atoms with Crippen LogP contribution in [0, 0.1) is 0 Å². The van der Waals surface area contributed by atoms with E-state index in [1.54, 1.807) is 0 Å². The third-order valence-corrected chi connectivity index (χ3v) is 1.45. The van der Waals surface area contributed by atoms with E-state index in [2.05, 4.69) is 0 Å². The van der Waals surface area contributed by atoms with Crippen molar-refractivity contribution in [3.63, 3.8) is 0 Å². The molecule has 0 saturated carbocycles. The van der Waals surface area contributed by atoms with Crippen LogP contribution in [0.4, 0.5) is 0 Å². The first-order valence-electron chi connectivity index (χ1n) is 2.54. The van der Waals surface area contributed by atoms with Crippen LogP contribution in [0.25, 0.3) is 0 Å². The van der Waals surface area contributed by atoms with Gasteiger partial charge in [-0.3, -0.25) is 4.79 Å². The molecule has 0 rings (SSSR count). The molecule has 0 saturated heterocycles. The number of hydrogen-bond donors (Lipinski definition) is 5. The first kappa shape index (κ1) is 15.3. The second-order valence-corrected chi connectivity index (χ2v) is 3.09. The second-order valence-electron chi connectivity index (χ2n) is 1.75. The summed E-state index contributed by atoms with van der Waals surface area (Å²) < 4.78 is 10.1. The Hall–Kier alpha value is 0.800. The molecule has 7 nitrogen and oxygen atoms in total. The summed E-state index contributed by atoms with van der Waals surface area (Å²) in [7, 11) is -4.58. The molecule has 9 heteroatoms. The normalized spacial score (nSPS) is 13.2. The molecular formula is C3H8CaNO6P. The molecule has 0 amide bonds. The van der Waals surface area contributed by atoms with E-state index in [9.17, 15) is 9.36 Å². The summed E-state index contributed by atoms with van der Waals surface area (Å²) >= 11 is 0. The van der Waals surface area contributed by atoms with Gasteiger partial charge in [0.15, 0.2) is 0 Å². The van der Waals surface area contributed by atoms with Gasteiger partial charge in [-0.15, -0.1) is 0 Å². The van der Waals surface area contributed by atoms with Gasteiger partial charge in [0.05, 0.1) is 6.61 Å². The van der Waals surface area contributed by atoms with Crippen molar-refractivity contribution in [2.45, 2.75) is 6.04 Å². The minimum Gasteiger partial charge on any atom is -0.480 e. The van der Waals surface area contributed by atoms with Gasteiger partial charge in [0.1, 0.15) is 6.04 Å². The summed E-state index contributed by atoms with van der Waals surface area (Å²) in [6.45, 7) is -0.875. The number of nitrogens with one attached hydrogen (secondary N) is 1. The summed E-state index contributed by atoms with van der Waals surface area (Å²) in [6, 6.07) is -1.63. The average molecular weight is 225 g/mol. The standard InChI is InChI=1S/C3H8NO6P.Ca/c5-1-2(3(6)7)4-11(8,9)10;/h2,5H,1H2,(H,6,7)(H3,4,8,9,10);/t2-;/m0./s1. The fourth-order valence-electron chi connectivity index (χ4n) is 0.377. The predicted octanol–water partition coefficient (Wildman–Crippen LogP) is -2.27. The molecular weight excluding hydrogens is 217 g/mol. The Labute approximate surface area is 98.0 Å². The Morgan fingerprint density at radius 3 is 2.00 bits per heavy atom. The van der Waals surface area contributed by atoms with Crippen molar-refractivity contribution in [2.75, 3.05) is 6.61 Å². The molecule has 0 heterocycles. The van der Waals surface area contributed by atoms with Gasteiger partial charge in [-0.1, -0.05) is 0 Å². The van der Waals surface area contributed by atoms with E-state index in [1.165, 1.54) is 5.09 Å². The molecule has 0 fully saturated rings. The molecule has 0 aromatic heterocycles. The average Bonchev–Trinajstić information content (AvgIpc) is 1.80. The number of carboxylic acid groups (broad SMARTS) is 1. The molecule has 0 aliphatic rings. The van der Waals surface area contributed by atoms with Crippen molar-refractivity contribution in [1.29, 1.82) is 0 Å². The molecule has 12 heavy (non-hydrogen) atoms. The molecule has 0 aliphatic carbocycles. The van der Waals surface area contributed by atoms with Gasteiger partial charge in [-0.2, -0.15) is 0 Å². The molecule has 0 aliphatic heterocycles. The molecule has 0 bridgehead atoms. The fraction of sp³-hybridized carbons (Fsp3) is 0.667. The van der Waals surface area contributed by atoms with Gasteiger partial charge in [-0.25, -0.2) is 9.65 Å². The van der Waals surface area contributed by atoms with E-state index < -0.39 is 26.4 Å². The summed E-state index contributed by atoms with van der Waals surface area (Å²) in [5.41, 5.74) is 0. The zero-order chi connectivity index (χ0) is 9.07. The van der Waals surface area contributed by atoms with Crippen LogP contribution in [0.2, 0.25) is 0 Å². The van der Waals surface area contributed by atoms with Crippen molar-refractivity contribution < 1.29 is 29.4 Å². The third-order valence-electron chi connectivity index (χ3n) is 0.805. The minimum atomic E-state index is -4.58. The molecule has 0 aromatic carbocycles. The van der Waals surface area contributed by atoms with Gasteiger partial charge >= 0.3 is 13.7 Å². The van der Waals surface area contributed by atoms with Gasteiger partial charge in [0.25, 0.3) is 0 Å². The Morgan fingerprint density at radius 2 is 1.92 bits per heavy atom. The SMILES string of the molecule is O=C(O)[C@H](CO)NP(=O)(O)O.[Ca]. The maximum absolute atomic E-state index is 10.1. The molecule has 68 valence electrons. The van der Waals surface area contributed by atoms with Gasteiger partial charge in [-0.05, 0) is 0 Å². The maximum atomic E-state index is 10.1. The monoisotopic (exact) mass is 225 g/mol. The van der Waals surface area contributed by atoms with Crippen LogP contribution in [0.1, 0.15) is 0 Å². The van der Waals surface area contributed by atoms with Gasteiger partial charge in [0.2, 0.25) is 0 Å². The number of carboxylic acids is 1. The number of carbonyl (C=O) groups is 1. The number of aliphatic carboxylic acids is 1. The number of aliphatic hydroxyl groups is 1. The van der Waals surface area contributed by atoms with E-state index in [0.29, 0.717) is 0 Å². The molecule has 0 unspecified atom stereocenters. The first-order chi connectivity index (χ1) is 4.87. The van der Waals surface area contributed by atoms with Gasteiger partial charge in [0, 0.05) is 37.7 Å². The van der Waals surface area contributed by atoms with E-state index in [1.807, 2.05) is 0 Å². The van der Waals surface area contributed by atoms with E-state index in [-0.39, 0.29) is 37.7 Å². The molecule has 0 spiro atoms. The maximum Gasteiger partial charge on any atom is 0.401 e. The van der Waals surface area contributed by atoms with Crippen molar-refractivity contribution in [2.24, 2.45) is 0 Å². The molecule has 2 radical (unpaired) electrons. The van der Waals surface area contributed by atoms with E-state index in [0.717, 1.165) is 0 Å². The second kappa shape index (κ2) is 6.28. The first-order valence-corrected chi connectivity index (χ1v) is 4.15. The van der Waals surface area contributed by atoms with Crippen LogP contribution in [0.15, 0.2) is 0 Å². The molecule has 5 N–H and O–H groups in total. The van der Waals surface area contributed by atoms with Gasteiger partial charge < -0.3 is 20.0 Å². The molecule has 0 aromatic rings. The summed E-state index contributed by atoms with van der Waals surface area (Å²) in [5, 5.41) is 17.9. The Balaban J connectivity index is 0. The van der Waals surface area contributed by atoms with Crippen molar-refractivity contribution in [3.8, 4) is 0 Å². The topological polar surface area (TPSA) is 127 Å². The minimum absolute atomic E-state index is 0. The van der Waals surface area contributed by atoms with Crippen LogP contribution in [0.3, 0.4) is 0 Å². The van der Waals surface area contributed by atoms with Crippen LogP contribution in [-0.4, -0.2) is 76.4 Å². The van der Waals surface area contributed by atoms with Crippen molar-refractivity contribution in [3.05, 3.63) is 0 Å². The van der Waals surface area contributed by atoms with Crippen molar-refractivity contribution in [1.82, 2.24) is 5.09 Å². The third kappa shape index (κ3) is 7.45. The zero-order valence-electron chi connectivity index (χ0n) is 6.04. The van der Waals surface area contributed by atoms with Crippen LogP contribution >= 0.6 is 7.75 Å². The Kier molecular flexibility index (Phi) is 8.00. The quantitative estimate of drug-likeness (QED) is 0.270. The van der Waals surface area contributed by atoms with Crippen LogP contribution < -0.4 is 5.09 Å². The summed E-state index contributed by atoms with van der Waals surface area (Å²) in [4.78, 5) is 26.4. The largest absolute Gasteiger partial charge is 0.480 e. The van der Waals surface area contributed by atoms with Crippen molar-refractivity contribution >= 4 is 51.5 Å². The fourth-order valence-corrected chi connectivity index (χ4v) is 0.975. The summed E-state index contributed by atoms with van der Waals surface area (Å²) in [6.07, 6.45) is 0. The number of hydrogen-bond acceptors (Lipinski definition) is 3.